The van der Waals surface area contributed by atoms with Crippen LogP contribution in [0.2, 0.25) is 0 Å². The van der Waals surface area contributed by atoms with Crippen molar-refractivity contribution in [2.24, 2.45) is 4.99 Å². The van der Waals surface area contributed by atoms with Crippen LogP contribution in [0, 0.1) is 0 Å². The van der Waals surface area contributed by atoms with Crippen LogP contribution in [-0.2, 0) is 9.09 Å². The van der Waals surface area contributed by atoms with E-state index in [1.54, 1.807) is 12.1 Å². The molecule has 0 heterocycles. The highest BCUT2D eigenvalue weighted by molar-refractivity contribution is 7.46. The summed E-state index contributed by atoms with van der Waals surface area (Å²) >= 11 is 0. The molecule has 0 unspecified atom stereocenters. The molecule has 0 saturated carbocycles. The predicted molar refractivity (Wildman–Crippen MR) is 72.6 cm³/mol. The molecule has 0 fully saturated rings. The topological polar surface area (TPSA) is 116 Å². The summed E-state index contributed by atoms with van der Waals surface area (Å²) in [5, 5.41) is 0. The van der Waals surface area contributed by atoms with Crippen molar-refractivity contribution >= 4 is 24.9 Å². The maximum absolute atomic E-state index is 10.9. The summed E-state index contributed by atoms with van der Waals surface area (Å²) in [6.45, 7) is 0. The standard InChI is InChI=1S/C12H12N3O4P/c13-15-11-7-6-10(8-12(11)19-20(16,17)18)14-9-4-2-1-3-5-9/h1-5,8H,6-7H2,(H2,16,17,18). The van der Waals surface area contributed by atoms with Crippen molar-refractivity contribution in [2.45, 2.75) is 12.8 Å². The second-order valence-electron chi connectivity index (χ2n) is 4.08. The van der Waals surface area contributed by atoms with E-state index in [1.165, 1.54) is 6.08 Å². The zero-order valence-electron chi connectivity index (χ0n) is 10.4. The molecule has 0 amide bonds. The van der Waals surface area contributed by atoms with Crippen molar-refractivity contribution in [3.63, 3.8) is 0 Å². The Kier molecular flexibility index (Phi) is 4.27. The van der Waals surface area contributed by atoms with E-state index in [4.69, 9.17) is 15.3 Å². The highest BCUT2D eigenvalue weighted by Crippen LogP contribution is 2.40. The van der Waals surface area contributed by atoms with Crippen LogP contribution in [0.5, 0.6) is 0 Å². The fourth-order valence-electron chi connectivity index (χ4n) is 1.74. The van der Waals surface area contributed by atoms with Gasteiger partial charge in [-0.1, -0.05) is 18.2 Å². The summed E-state index contributed by atoms with van der Waals surface area (Å²) in [7, 11) is -4.71. The second-order valence-corrected chi connectivity index (χ2v) is 5.24. The molecule has 1 aliphatic carbocycles. The lowest BCUT2D eigenvalue weighted by atomic mass is 10.0. The molecule has 2 N–H and O–H groups in total. The summed E-state index contributed by atoms with van der Waals surface area (Å²) in [5.41, 5.74) is 10.2. The number of rotatable bonds is 3. The first-order valence-electron chi connectivity index (χ1n) is 5.79. The second kappa shape index (κ2) is 5.94. The van der Waals surface area contributed by atoms with E-state index < -0.39 is 7.82 Å². The third kappa shape index (κ3) is 3.98. The van der Waals surface area contributed by atoms with Crippen LogP contribution in [0.1, 0.15) is 12.8 Å². The summed E-state index contributed by atoms with van der Waals surface area (Å²) < 4.78 is 15.4. The Labute approximate surface area is 115 Å². The van der Waals surface area contributed by atoms with E-state index >= 15 is 0 Å². The molecule has 0 atom stereocenters. The van der Waals surface area contributed by atoms with E-state index in [0.717, 1.165) is 5.69 Å². The molecule has 0 saturated heterocycles. The average Bonchev–Trinajstić information content (AvgIpc) is 2.38. The molecule has 8 heteroatoms. The first-order valence-corrected chi connectivity index (χ1v) is 7.32. The van der Waals surface area contributed by atoms with E-state index in [9.17, 15) is 4.57 Å². The van der Waals surface area contributed by atoms with Gasteiger partial charge in [-0.3, -0.25) is 14.8 Å². The molecule has 20 heavy (non-hydrogen) atoms. The number of para-hydroxylation sites is 1. The van der Waals surface area contributed by atoms with Gasteiger partial charge >= 0.3 is 13.5 Å². The minimum atomic E-state index is -4.71. The van der Waals surface area contributed by atoms with Crippen LogP contribution in [0.4, 0.5) is 5.69 Å². The van der Waals surface area contributed by atoms with E-state index in [2.05, 4.69) is 14.3 Å². The van der Waals surface area contributed by atoms with Gasteiger partial charge in [-0.2, -0.15) is 4.79 Å². The quantitative estimate of drug-likeness (QED) is 0.505. The summed E-state index contributed by atoms with van der Waals surface area (Å²) in [6, 6.07) is 9.14. The van der Waals surface area contributed by atoms with Gasteiger partial charge in [0.2, 0.25) is 5.76 Å². The van der Waals surface area contributed by atoms with Crippen molar-refractivity contribution in [1.29, 1.82) is 0 Å². The number of hydrogen-bond acceptors (Lipinski definition) is 3. The lowest BCUT2D eigenvalue weighted by Crippen LogP contribution is -2.16. The minimum Gasteiger partial charge on any atom is -0.396 e. The molecule has 0 bridgehead atoms. The Morgan fingerprint density at radius 3 is 2.55 bits per heavy atom. The number of allylic oxidation sites excluding steroid dienone is 2. The lowest BCUT2D eigenvalue weighted by Gasteiger charge is -2.12. The molecule has 1 aromatic carbocycles. The van der Waals surface area contributed by atoms with Crippen LogP contribution >= 0.6 is 7.82 Å². The Morgan fingerprint density at radius 1 is 1.25 bits per heavy atom. The monoisotopic (exact) mass is 293 g/mol. The van der Waals surface area contributed by atoms with E-state index in [0.29, 0.717) is 12.1 Å². The highest BCUT2D eigenvalue weighted by atomic mass is 31.2. The van der Waals surface area contributed by atoms with Gasteiger partial charge in [-0.15, -0.1) is 0 Å². The van der Waals surface area contributed by atoms with Gasteiger partial charge in [0.05, 0.1) is 12.1 Å². The molecule has 0 aromatic heterocycles. The lowest BCUT2D eigenvalue weighted by molar-refractivity contribution is -0.0108. The maximum Gasteiger partial charge on any atom is 0.525 e. The predicted octanol–water partition coefficient (Wildman–Crippen LogP) is 2.22. The number of phosphoric ester groups is 1. The van der Waals surface area contributed by atoms with Crippen LogP contribution < -0.4 is 0 Å². The molecule has 0 radical (unpaired) electrons. The van der Waals surface area contributed by atoms with Crippen LogP contribution in [0.15, 0.2) is 47.2 Å². The maximum atomic E-state index is 10.9. The number of benzene rings is 1. The fraction of sp³-hybridized carbons (Fsp3) is 0.167. The molecular formula is C12H12N3O4P. The zero-order valence-corrected chi connectivity index (χ0v) is 11.3. The number of aliphatic imine (C=N–C) groups is 1. The van der Waals surface area contributed by atoms with Gasteiger partial charge in [0.15, 0.2) is 0 Å². The number of hydrogen-bond donors (Lipinski definition) is 2. The Balaban J connectivity index is 2.34. The number of nitrogens with zero attached hydrogens (tertiary/aromatic N) is 3. The van der Waals surface area contributed by atoms with Gasteiger partial charge < -0.3 is 10.1 Å². The molecule has 1 aliphatic rings. The van der Waals surface area contributed by atoms with Crippen molar-refractivity contribution < 1.29 is 23.7 Å². The van der Waals surface area contributed by atoms with Gasteiger partial charge in [-0.25, -0.2) is 4.57 Å². The Hall–Kier alpha value is -2.04. The van der Waals surface area contributed by atoms with Crippen LogP contribution in [0.3, 0.4) is 0 Å². The summed E-state index contributed by atoms with van der Waals surface area (Å²) in [5.74, 6) is -0.165. The fourth-order valence-corrected chi connectivity index (χ4v) is 2.15. The van der Waals surface area contributed by atoms with E-state index in [-0.39, 0.29) is 17.9 Å². The van der Waals surface area contributed by atoms with Gasteiger partial charge in [0.25, 0.3) is 0 Å². The average molecular weight is 293 g/mol. The Morgan fingerprint density at radius 2 is 1.95 bits per heavy atom. The minimum absolute atomic E-state index is 0.0836. The first kappa shape index (κ1) is 14.4. The summed E-state index contributed by atoms with van der Waals surface area (Å²) in [4.78, 5) is 25.0. The van der Waals surface area contributed by atoms with Crippen molar-refractivity contribution in [1.82, 2.24) is 0 Å². The molecule has 7 nitrogen and oxygen atoms in total. The molecular weight excluding hydrogens is 281 g/mol. The van der Waals surface area contributed by atoms with Gasteiger partial charge in [0, 0.05) is 18.2 Å². The number of phosphoric acid groups is 1. The third-order valence-corrected chi connectivity index (χ3v) is 3.00. The van der Waals surface area contributed by atoms with Crippen LogP contribution in [-0.4, -0.2) is 26.0 Å². The molecule has 0 aliphatic heterocycles. The molecule has 0 spiro atoms. The van der Waals surface area contributed by atoms with Crippen molar-refractivity contribution in [2.75, 3.05) is 0 Å². The smallest absolute Gasteiger partial charge is 0.396 e. The first-order chi connectivity index (χ1) is 9.48. The largest absolute Gasteiger partial charge is 0.525 e. The molecule has 104 valence electrons. The van der Waals surface area contributed by atoms with Crippen molar-refractivity contribution in [3.8, 4) is 0 Å². The Bertz CT molecular complexity index is 657. The molecule has 1 aromatic rings. The zero-order chi connectivity index (χ0) is 14.6. The SMILES string of the molecule is [N-]=[N+]=C1CCC(=Nc2ccccc2)C=C1OP(=O)(O)O. The van der Waals surface area contributed by atoms with Gasteiger partial charge in [0.1, 0.15) is 0 Å². The molecule has 2 rings (SSSR count). The normalized spacial score (nSPS) is 17.6. The summed E-state index contributed by atoms with van der Waals surface area (Å²) in [6.07, 6.45) is 2.14. The van der Waals surface area contributed by atoms with E-state index in [1.807, 2.05) is 18.2 Å². The van der Waals surface area contributed by atoms with Crippen LogP contribution in [0.25, 0.3) is 5.53 Å². The third-order valence-electron chi connectivity index (χ3n) is 2.57. The van der Waals surface area contributed by atoms with Crippen molar-refractivity contribution in [3.05, 3.63) is 47.7 Å². The van der Waals surface area contributed by atoms with Gasteiger partial charge in [-0.05, 0) is 12.1 Å². The highest BCUT2D eigenvalue weighted by Gasteiger charge is 2.29.